The van der Waals surface area contributed by atoms with Crippen LogP contribution in [-0.4, -0.2) is 71.8 Å². The number of halogens is 2. The van der Waals surface area contributed by atoms with E-state index >= 15 is 0 Å². The van der Waals surface area contributed by atoms with E-state index in [9.17, 15) is 17.6 Å². The first kappa shape index (κ1) is 27.6. The molecule has 11 heteroatoms. The molecule has 0 spiro atoms. The van der Waals surface area contributed by atoms with Crippen LogP contribution in [0.15, 0.2) is 35.7 Å². The SMILES string of the molecule is COc1cccc(F)c1C(=O)CCC1(N2CCN(S(=O)(=O)c3cn(C)cn3)CC2)CCCCC1.Cl. The number of methoxy groups -OCH3 is 1. The molecule has 35 heavy (non-hydrogen) atoms. The molecule has 194 valence electrons. The first-order valence-corrected chi connectivity index (χ1v) is 13.3. The second kappa shape index (κ2) is 11.4. The lowest BCUT2D eigenvalue weighted by Crippen LogP contribution is -2.58. The molecule has 1 aliphatic carbocycles. The number of ketones is 1. The van der Waals surface area contributed by atoms with Crippen LogP contribution in [0.3, 0.4) is 0 Å². The zero-order chi connectivity index (χ0) is 24.3. The molecule has 0 N–H and O–H groups in total. The number of ether oxygens (including phenoxy) is 1. The number of imidazole rings is 1. The zero-order valence-corrected chi connectivity index (χ0v) is 21.9. The van der Waals surface area contributed by atoms with Gasteiger partial charge in [-0.25, -0.2) is 17.8 Å². The Balaban J connectivity index is 0.00000342. The van der Waals surface area contributed by atoms with E-state index in [0.717, 1.165) is 32.1 Å². The largest absolute Gasteiger partial charge is 0.496 e. The number of sulfonamides is 1. The van der Waals surface area contributed by atoms with Crippen molar-refractivity contribution in [1.29, 1.82) is 0 Å². The molecule has 1 saturated carbocycles. The Labute approximate surface area is 212 Å². The first-order valence-electron chi connectivity index (χ1n) is 11.9. The number of piperazine rings is 1. The van der Waals surface area contributed by atoms with Gasteiger partial charge >= 0.3 is 0 Å². The van der Waals surface area contributed by atoms with Crippen LogP contribution in [0.4, 0.5) is 4.39 Å². The number of carbonyl (C=O) groups is 1. The van der Waals surface area contributed by atoms with Gasteiger partial charge in [0.25, 0.3) is 10.0 Å². The number of hydrogen-bond acceptors (Lipinski definition) is 6. The molecule has 0 unspecified atom stereocenters. The van der Waals surface area contributed by atoms with Crippen LogP contribution in [0.5, 0.6) is 5.75 Å². The predicted octanol–water partition coefficient (Wildman–Crippen LogP) is 3.66. The number of aryl methyl sites for hydroxylation is 1. The zero-order valence-electron chi connectivity index (χ0n) is 20.3. The molecule has 2 fully saturated rings. The first-order chi connectivity index (χ1) is 16.3. The van der Waals surface area contributed by atoms with Crippen LogP contribution in [0.2, 0.25) is 0 Å². The van der Waals surface area contributed by atoms with E-state index in [2.05, 4.69) is 9.88 Å². The summed E-state index contributed by atoms with van der Waals surface area (Å²) in [5.41, 5.74) is -0.157. The van der Waals surface area contributed by atoms with Gasteiger partial charge < -0.3 is 9.30 Å². The molecule has 8 nitrogen and oxygen atoms in total. The van der Waals surface area contributed by atoms with Gasteiger partial charge in [-0.05, 0) is 31.4 Å². The van der Waals surface area contributed by atoms with Gasteiger partial charge in [0.15, 0.2) is 10.8 Å². The summed E-state index contributed by atoms with van der Waals surface area (Å²) in [7, 11) is -0.442. The number of hydrogen-bond donors (Lipinski definition) is 0. The molecule has 0 amide bonds. The van der Waals surface area contributed by atoms with Crippen LogP contribution in [0.25, 0.3) is 0 Å². The van der Waals surface area contributed by atoms with Crippen molar-refractivity contribution < 1.29 is 22.3 Å². The van der Waals surface area contributed by atoms with E-state index < -0.39 is 15.8 Å². The third-order valence-corrected chi connectivity index (χ3v) is 9.06. The topological polar surface area (TPSA) is 84.7 Å². The third-order valence-electron chi connectivity index (χ3n) is 7.27. The quantitative estimate of drug-likeness (QED) is 0.486. The van der Waals surface area contributed by atoms with Gasteiger partial charge in [0.1, 0.15) is 11.6 Å². The Morgan fingerprint density at radius 1 is 1.14 bits per heavy atom. The molecule has 1 aromatic heterocycles. The number of benzene rings is 1. The van der Waals surface area contributed by atoms with E-state index in [1.165, 1.54) is 36.1 Å². The summed E-state index contributed by atoms with van der Waals surface area (Å²) in [6.07, 6.45) is 9.08. The number of aromatic nitrogens is 2. The highest BCUT2D eigenvalue weighted by Gasteiger charge is 2.41. The van der Waals surface area contributed by atoms with Gasteiger partial charge in [-0.1, -0.05) is 25.3 Å². The second-order valence-electron chi connectivity index (χ2n) is 9.29. The smallest absolute Gasteiger partial charge is 0.262 e. The highest BCUT2D eigenvalue weighted by molar-refractivity contribution is 7.89. The number of carbonyl (C=O) groups excluding carboxylic acids is 1. The van der Waals surface area contributed by atoms with Crippen molar-refractivity contribution in [2.75, 3.05) is 33.3 Å². The molecule has 1 saturated heterocycles. The second-order valence-corrected chi connectivity index (χ2v) is 11.2. The molecular formula is C24H34ClFN4O4S. The monoisotopic (exact) mass is 528 g/mol. The number of nitrogens with zero attached hydrogens (tertiary/aromatic N) is 4. The van der Waals surface area contributed by atoms with Gasteiger partial charge in [0, 0.05) is 51.4 Å². The van der Waals surface area contributed by atoms with Gasteiger partial charge in [0.05, 0.1) is 19.0 Å². The fourth-order valence-corrected chi connectivity index (χ4v) is 6.80. The highest BCUT2D eigenvalue weighted by Crippen LogP contribution is 2.39. The maximum atomic E-state index is 14.4. The lowest BCUT2D eigenvalue weighted by Gasteiger charge is -2.49. The Kier molecular flexibility index (Phi) is 8.96. The van der Waals surface area contributed by atoms with E-state index in [1.54, 1.807) is 17.7 Å². The lowest BCUT2D eigenvalue weighted by atomic mass is 9.76. The van der Waals surface area contributed by atoms with Crippen molar-refractivity contribution in [3.05, 3.63) is 42.1 Å². The minimum atomic E-state index is -3.62. The predicted molar refractivity (Wildman–Crippen MR) is 133 cm³/mol. The summed E-state index contributed by atoms with van der Waals surface area (Å²) in [4.78, 5) is 19.4. The molecule has 0 bridgehead atoms. The Bertz CT molecular complexity index is 1130. The van der Waals surface area contributed by atoms with Crippen molar-refractivity contribution in [3.63, 3.8) is 0 Å². The molecule has 2 aromatic rings. The molecule has 4 rings (SSSR count). The molecular weight excluding hydrogens is 495 g/mol. The van der Waals surface area contributed by atoms with Crippen molar-refractivity contribution in [1.82, 2.24) is 18.8 Å². The van der Waals surface area contributed by atoms with Gasteiger partial charge in [-0.15, -0.1) is 12.4 Å². The molecule has 2 aliphatic rings. The maximum absolute atomic E-state index is 14.4. The summed E-state index contributed by atoms with van der Waals surface area (Å²) in [6.45, 7) is 1.97. The van der Waals surface area contributed by atoms with E-state index in [1.807, 2.05) is 0 Å². The van der Waals surface area contributed by atoms with E-state index in [0.29, 0.717) is 32.6 Å². The lowest BCUT2D eigenvalue weighted by molar-refractivity contribution is 0.0164. The van der Waals surface area contributed by atoms with Crippen molar-refractivity contribution in [3.8, 4) is 5.75 Å². The summed E-state index contributed by atoms with van der Waals surface area (Å²) in [6, 6.07) is 4.42. The van der Waals surface area contributed by atoms with Crippen LogP contribution < -0.4 is 4.74 Å². The fourth-order valence-electron chi connectivity index (χ4n) is 5.41. The van der Waals surface area contributed by atoms with Crippen LogP contribution >= 0.6 is 12.4 Å². The number of Topliss-reactive ketones (excluding diaryl/α,β-unsaturated/α-hetero) is 1. The Morgan fingerprint density at radius 3 is 2.43 bits per heavy atom. The third kappa shape index (κ3) is 5.71. The van der Waals surface area contributed by atoms with Crippen molar-refractivity contribution >= 4 is 28.2 Å². The molecule has 0 radical (unpaired) electrons. The summed E-state index contributed by atoms with van der Waals surface area (Å²) >= 11 is 0. The van der Waals surface area contributed by atoms with E-state index in [-0.39, 0.29) is 46.5 Å². The summed E-state index contributed by atoms with van der Waals surface area (Å²) < 4.78 is 48.7. The van der Waals surface area contributed by atoms with Crippen molar-refractivity contribution in [2.45, 2.75) is 55.5 Å². The van der Waals surface area contributed by atoms with E-state index in [4.69, 9.17) is 4.74 Å². The minimum absolute atomic E-state index is 0. The average molecular weight is 529 g/mol. The Hall–Kier alpha value is -2.01. The van der Waals surface area contributed by atoms with Crippen LogP contribution in [0.1, 0.15) is 55.3 Å². The maximum Gasteiger partial charge on any atom is 0.262 e. The van der Waals surface area contributed by atoms with Crippen LogP contribution in [0, 0.1) is 5.82 Å². The van der Waals surface area contributed by atoms with Gasteiger partial charge in [0.2, 0.25) is 0 Å². The normalized spacial score (nSPS) is 19.2. The molecule has 1 aliphatic heterocycles. The van der Waals surface area contributed by atoms with Crippen LogP contribution in [-0.2, 0) is 17.1 Å². The highest BCUT2D eigenvalue weighted by atomic mass is 35.5. The van der Waals surface area contributed by atoms with Crippen molar-refractivity contribution in [2.24, 2.45) is 7.05 Å². The van der Waals surface area contributed by atoms with Gasteiger partial charge in [-0.2, -0.15) is 4.31 Å². The molecule has 1 aromatic carbocycles. The standard InChI is InChI=1S/C24H33FN4O4S.ClH/c1-27-17-22(26-18-27)34(31,32)29-15-13-28(14-16-29)24(10-4-3-5-11-24)12-9-20(30)23-19(25)7-6-8-21(23)33-2;/h6-8,17-18H,3-5,9-16H2,1-2H3;1H. The fraction of sp³-hybridized carbons (Fsp3) is 0.583. The average Bonchev–Trinajstić information content (AvgIpc) is 3.30. The summed E-state index contributed by atoms with van der Waals surface area (Å²) in [5.74, 6) is -0.553. The summed E-state index contributed by atoms with van der Waals surface area (Å²) in [5, 5.41) is 0.0697. The Morgan fingerprint density at radius 2 is 1.83 bits per heavy atom. The molecule has 2 heterocycles. The molecule has 0 atom stereocenters. The minimum Gasteiger partial charge on any atom is -0.496 e. The number of rotatable bonds is 8. The van der Waals surface area contributed by atoms with Gasteiger partial charge in [-0.3, -0.25) is 9.69 Å².